The highest BCUT2D eigenvalue weighted by Gasteiger charge is 2.18. The third-order valence-corrected chi connectivity index (χ3v) is 3.44. The van der Waals surface area contributed by atoms with Crippen LogP contribution in [0.15, 0.2) is 36.5 Å². The van der Waals surface area contributed by atoms with Crippen LogP contribution in [-0.4, -0.2) is 23.6 Å². The fourth-order valence-electron chi connectivity index (χ4n) is 2.32. The molecule has 0 radical (unpaired) electrons. The van der Waals surface area contributed by atoms with Crippen LogP contribution in [0.3, 0.4) is 0 Å². The second kappa shape index (κ2) is 8.04. The highest BCUT2D eigenvalue weighted by Crippen LogP contribution is 2.21. The molecular formula is C18H21N3O2. The van der Waals surface area contributed by atoms with Crippen molar-refractivity contribution >= 4 is 5.91 Å². The van der Waals surface area contributed by atoms with Crippen molar-refractivity contribution in [2.45, 2.75) is 26.7 Å². The molecule has 120 valence electrons. The molecule has 2 aromatic rings. The second-order valence-electron chi connectivity index (χ2n) is 5.10. The largest absolute Gasteiger partial charge is 0.494 e. The van der Waals surface area contributed by atoms with E-state index in [0.29, 0.717) is 24.4 Å². The van der Waals surface area contributed by atoms with Gasteiger partial charge in [0.05, 0.1) is 12.2 Å². The molecule has 2 rings (SSSR count). The van der Waals surface area contributed by atoms with Gasteiger partial charge in [-0.1, -0.05) is 19.4 Å². The molecule has 1 amide bonds. The standard InChI is InChI=1S/C18H21N3O2/c1-3-5-10-20-18(22)17-14(13-19)9-11-21(17)15-7-6-8-16(12-15)23-4-2/h6-9,11-12H,3-5,10H2,1-2H3,(H,20,22). The Morgan fingerprint density at radius 2 is 2.17 bits per heavy atom. The molecular weight excluding hydrogens is 290 g/mol. The smallest absolute Gasteiger partial charge is 0.269 e. The first-order valence-electron chi connectivity index (χ1n) is 7.84. The first kappa shape index (κ1) is 16.6. The van der Waals surface area contributed by atoms with E-state index in [0.717, 1.165) is 24.3 Å². The number of rotatable bonds is 7. The SMILES string of the molecule is CCCCNC(=O)c1c(C#N)ccn1-c1cccc(OCC)c1. The molecule has 0 atom stereocenters. The number of hydrogen-bond acceptors (Lipinski definition) is 3. The van der Waals surface area contributed by atoms with E-state index >= 15 is 0 Å². The molecule has 0 bridgehead atoms. The molecule has 5 heteroatoms. The van der Waals surface area contributed by atoms with Gasteiger partial charge in [-0.05, 0) is 31.5 Å². The molecule has 23 heavy (non-hydrogen) atoms. The van der Waals surface area contributed by atoms with Gasteiger partial charge in [0.15, 0.2) is 0 Å². The van der Waals surface area contributed by atoms with Crippen molar-refractivity contribution < 1.29 is 9.53 Å². The minimum absolute atomic E-state index is 0.234. The van der Waals surface area contributed by atoms with Crippen LogP contribution in [0.5, 0.6) is 5.75 Å². The summed E-state index contributed by atoms with van der Waals surface area (Å²) in [5.74, 6) is 0.497. The Kier molecular flexibility index (Phi) is 5.81. The molecule has 0 saturated heterocycles. The molecule has 0 fully saturated rings. The number of carbonyl (C=O) groups is 1. The summed E-state index contributed by atoms with van der Waals surface area (Å²) in [6, 6.07) is 11.2. The molecule has 0 unspecified atom stereocenters. The van der Waals surface area contributed by atoms with Gasteiger partial charge in [-0.2, -0.15) is 5.26 Å². The number of hydrogen-bond donors (Lipinski definition) is 1. The number of nitrogens with zero attached hydrogens (tertiary/aromatic N) is 2. The van der Waals surface area contributed by atoms with Crippen LogP contribution in [0.1, 0.15) is 42.7 Å². The molecule has 0 aliphatic carbocycles. The molecule has 0 saturated carbocycles. The van der Waals surface area contributed by atoms with Crippen molar-refractivity contribution in [3.63, 3.8) is 0 Å². The minimum atomic E-state index is -0.234. The Morgan fingerprint density at radius 3 is 2.87 bits per heavy atom. The van der Waals surface area contributed by atoms with Crippen molar-refractivity contribution in [2.24, 2.45) is 0 Å². The number of ether oxygens (including phenoxy) is 1. The maximum atomic E-state index is 12.5. The van der Waals surface area contributed by atoms with Gasteiger partial charge < -0.3 is 14.6 Å². The number of nitriles is 1. The first-order chi connectivity index (χ1) is 11.2. The summed E-state index contributed by atoms with van der Waals surface area (Å²) in [4.78, 5) is 12.5. The molecule has 0 spiro atoms. The zero-order valence-electron chi connectivity index (χ0n) is 13.5. The Hall–Kier alpha value is -2.74. The molecule has 0 aliphatic heterocycles. The fourth-order valence-corrected chi connectivity index (χ4v) is 2.32. The zero-order valence-corrected chi connectivity index (χ0v) is 13.5. The lowest BCUT2D eigenvalue weighted by molar-refractivity contribution is 0.0946. The van der Waals surface area contributed by atoms with Gasteiger partial charge in [-0.3, -0.25) is 4.79 Å². The van der Waals surface area contributed by atoms with Crippen LogP contribution in [0, 0.1) is 11.3 Å². The Balaban J connectivity index is 2.36. The molecule has 1 heterocycles. The Morgan fingerprint density at radius 1 is 1.35 bits per heavy atom. The molecule has 1 aromatic heterocycles. The summed E-state index contributed by atoms with van der Waals surface area (Å²) in [7, 11) is 0. The molecule has 1 aromatic carbocycles. The van der Waals surface area contributed by atoms with E-state index in [1.54, 1.807) is 16.8 Å². The third kappa shape index (κ3) is 3.92. The van der Waals surface area contributed by atoms with Crippen molar-refractivity contribution in [3.8, 4) is 17.5 Å². The maximum Gasteiger partial charge on any atom is 0.269 e. The van der Waals surface area contributed by atoms with Crippen LogP contribution >= 0.6 is 0 Å². The average molecular weight is 311 g/mol. The summed E-state index contributed by atoms with van der Waals surface area (Å²) in [6.45, 7) is 5.16. The number of aromatic nitrogens is 1. The van der Waals surface area contributed by atoms with Crippen LogP contribution < -0.4 is 10.1 Å². The van der Waals surface area contributed by atoms with Gasteiger partial charge in [0.1, 0.15) is 17.5 Å². The maximum absolute atomic E-state index is 12.5. The van der Waals surface area contributed by atoms with Gasteiger partial charge in [0, 0.05) is 24.5 Å². The van der Waals surface area contributed by atoms with E-state index in [1.165, 1.54) is 0 Å². The lowest BCUT2D eigenvalue weighted by Crippen LogP contribution is -2.27. The first-order valence-corrected chi connectivity index (χ1v) is 7.84. The van der Waals surface area contributed by atoms with Crippen molar-refractivity contribution in [3.05, 3.63) is 47.8 Å². The topological polar surface area (TPSA) is 67.0 Å². The lowest BCUT2D eigenvalue weighted by atomic mass is 10.2. The summed E-state index contributed by atoms with van der Waals surface area (Å²) in [5, 5.41) is 12.1. The number of benzene rings is 1. The van der Waals surface area contributed by atoms with Gasteiger partial charge in [0.25, 0.3) is 5.91 Å². The molecule has 5 nitrogen and oxygen atoms in total. The predicted molar refractivity (Wildman–Crippen MR) is 88.9 cm³/mol. The number of unbranched alkanes of at least 4 members (excludes halogenated alkanes) is 1. The van der Waals surface area contributed by atoms with E-state index in [9.17, 15) is 10.1 Å². The third-order valence-electron chi connectivity index (χ3n) is 3.44. The number of amides is 1. The van der Waals surface area contributed by atoms with E-state index < -0.39 is 0 Å². The van der Waals surface area contributed by atoms with Crippen molar-refractivity contribution in [2.75, 3.05) is 13.2 Å². The molecule has 1 N–H and O–H groups in total. The Labute approximate surface area is 136 Å². The summed E-state index contributed by atoms with van der Waals surface area (Å²) >= 11 is 0. The van der Waals surface area contributed by atoms with Crippen molar-refractivity contribution in [1.82, 2.24) is 9.88 Å². The Bertz CT molecular complexity index is 713. The van der Waals surface area contributed by atoms with E-state index in [-0.39, 0.29) is 5.91 Å². The summed E-state index contributed by atoms with van der Waals surface area (Å²) in [5.41, 5.74) is 1.51. The van der Waals surface area contributed by atoms with Crippen LogP contribution in [0.25, 0.3) is 5.69 Å². The monoisotopic (exact) mass is 311 g/mol. The second-order valence-corrected chi connectivity index (χ2v) is 5.10. The van der Waals surface area contributed by atoms with Crippen LogP contribution in [0.2, 0.25) is 0 Å². The van der Waals surface area contributed by atoms with Gasteiger partial charge >= 0.3 is 0 Å². The zero-order chi connectivity index (χ0) is 16.7. The average Bonchev–Trinajstić information content (AvgIpc) is 2.99. The van der Waals surface area contributed by atoms with E-state index in [1.807, 2.05) is 31.2 Å². The van der Waals surface area contributed by atoms with Crippen molar-refractivity contribution in [1.29, 1.82) is 5.26 Å². The number of nitrogens with one attached hydrogen (secondary N) is 1. The lowest BCUT2D eigenvalue weighted by Gasteiger charge is -2.12. The van der Waals surface area contributed by atoms with Crippen LogP contribution in [-0.2, 0) is 0 Å². The van der Waals surface area contributed by atoms with Crippen LogP contribution in [0.4, 0.5) is 0 Å². The van der Waals surface area contributed by atoms with Gasteiger partial charge in [0.2, 0.25) is 0 Å². The quantitative estimate of drug-likeness (QED) is 0.798. The fraction of sp³-hybridized carbons (Fsp3) is 0.333. The number of carbonyl (C=O) groups excluding carboxylic acids is 1. The highest BCUT2D eigenvalue weighted by atomic mass is 16.5. The summed E-state index contributed by atoms with van der Waals surface area (Å²) < 4.78 is 7.23. The minimum Gasteiger partial charge on any atom is -0.494 e. The van der Waals surface area contributed by atoms with E-state index in [2.05, 4.69) is 18.3 Å². The van der Waals surface area contributed by atoms with E-state index in [4.69, 9.17) is 4.74 Å². The van der Waals surface area contributed by atoms with Gasteiger partial charge in [-0.15, -0.1) is 0 Å². The summed E-state index contributed by atoms with van der Waals surface area (Å²) in [6.07, 6.45) is 3.65. The molecule has 0 aliphatic rings. The predicted octanol–water partition coefficient (Wildman–Crippen LogP) is 3.28. The highest BCUT2D eigenvalue weighted by molar-refractivity contribution is 5.95. The van der Waals surface area contributed by atoms with Gasteiger partial charge in [-0.25, -0.2) is 0 Å². The normalized spacial score (nSPS) is 10.1.